The predicted octanol–water partition coefficient (Wildman–Crippen LogP) is 2.55. The molecule has 5 fully saturated rings. The van der Waals surface area contributed by atoms with Gasteiger partial charge in [0.05, 0.1) is 24.4 Å². The lowest BCUT2D eigenvalue weighted by atomic mass is 9.82. The summed E-state index contributed by atoms with van der Waals surface area (Å²) in [5.74, 6) is -0.250. The third-order valence-electron chi connectivity index (χ3n) is 9.03. The van der Waals surface area contributed by atoms with Gasteiger partial charge in [-0.25, -0.2) is 9.18 Å². The first-order valence-electron chi connectivity index (χ1n) is 14.3. The number of nitrogens with zero attached hydrogens (tertiary/aromatic N) is 3. The van der Waals surface area contributed by atoms with Crippen LogP contribution in [0.2, 0.25) is 25.7 Å². The number of hydrogen-bond donors (Lipinski definition) is 2. The highest BCUT2D eigenvalue weighted by atomic mass is 28.3. The van der Waals surface area contributed by atoms with Gasteiger partial charge in [-0.1, -0.05) is 19.6 Å². The van der Waals surface area contributed by atoms with Crippen LogP contribution in [-0.4, -0.2) is 110 Å². The molecule has 2 amide bonds. The van der Waals surface area contributed by atoms with Crippen molar-refractivity contribution < 1.29 is 23.5 Å². The van der Waals surface area contributed by atoms with Gasteiger partial charge in [0.1, 0.15) is 31.0 Å². The minimum Gasteiger partial charge on any atom is -0.373 e. The minimum absolute atomic E-state index is 0.0285. The summed E-state index contributed by atoms with van der Waals surface area (Å²) < 4.78 is 28.6. The lowest BCUT2D eigenvalue weighted by Crippen LogP contribution is -2.72. The molecule has 0 aromatic carbocycles. The Balaban J connectivity index is 1.45. The quantitative estimate of drug-likeness (QED) is 0.410. The molecule has 9 nitrogen and oxygen atoms in total. The zero-order valence-electron chi connectivity index (χ0n) is 23.1. The van der Waals surface area contributed by atoms with Gasteiger partial charge in [-0.2, -0.15) is 0 Å². The average molecular weight is 540 g/mol. The molecule has 5 saturated heterocycles. The van der Waals surface area contributed by atoms with Crippen LogP contribution >= 0.6 is 0 Å². The molecule has 7 unspecified atom stereocenters. The van der Waals surface area contributed by atoms with E-state index in [2.05, 4.69) is 49.0 Å². The normalized spacial score (nSPS) is 41.3. The van der Waals surface area contributed by atoms with Gasteiger partial charge >= 0.3 is 6.03 Å². The number of rotatable bonds is 5. The molecule has 37 heavy (non-hydrogen) atoms. The van der Waals surface area contributed by atoms with Crippen molar-refractivity contribution in [1.29, 1.82) is 0 Å². The summed E-state index contributed by atoms with van der Waals surface area (Å²) in [7, 11) is -1.26. The van der Waals surface area contributed by atoms with E-state index in [-0.39, 0.29) is 67.5 Å². The molecule has 210 valence electrons. The number of urea groups is 1. The maximum Gasteiger partial charge on any atom is 0.325 e. The van der Waals surface area contributed by atoms with Crippen LogP contribution in [0.4, 0.5) is 9.18 Å². The number of nitrogens with one attached hydrogen (secondary N) is 2. The Hall–Kier alpha value is -1.11. The van der Waals surface area contributed by atoms with Crippen molar-refractivity contribution in [2.24, 2.45) is 5.92 Å². The number of ether oxygens (including phenoxy) is 2. The Labute approximate surface area is 221 Å². The number of alkyl halides is 1. The molecule has 5 aliphatic heterocycles. The van der Waals surface area contributed by atoms with Crippen LogP contribution < -0.4 is 10.6 Å². The van der Waals surface area contributed by atoms with Crippen molar-refractivity contribution in [3.05, 3.63) is 0 Å². The number of halogens is 1. The molecule has 9 atom stereocenters. The number of ketones is 1. The van der Waals surface area contributed by atoms with Crippen molar-refractivity contribution in [2.75, 3.05) is 26.4 Å². The standard InChI is InChI=1S/C26H46FN5O4Si/c1-16-6-7-17(2)36-21-8-10-28-25-22(21)32(26(34)31(25)15-35-12-13-37(3,4)5)24-19(27)14-18-20(33)9-11-30(16)23(18)29-24/h16-19,21-25,28-29H,6-15H2,1-5H3/t16-,17+,18?,19?,21?,22?,23?,24?,25?/m0/s1. The molecule has 11 heteroatoms. The third kappa shape index (κ3) is 5.49. The maximum absolute atomic E-state index is 15.9. The molecule has 0 radical (unpaired) electrons. The predicted molar refractivity (Wildman–Crippen MR) is 141 cm³/mol. The summed E-state index contributed by atoms with van der Waals surface area (Å²) in [5, 5.41) is 7.00. The summed E-state index contributed by atoms with van der Waals surface area (Å²) in [5.41, 5.74) is 0. The van der Waals surface area contributed by atoms with E-state index < -0.39 is 20.4 Å². The molecule has 0 aromatic rings. The van der Waals surface area contributed by atoms with Crippen molar-refractivity contribution in [1.82, 2.24) is 25.3 Å². The molecule has 5 heterocycles. The van der Waals surface area contributed by atoms with E-state index >= 15 is 4.39 Å². The van der Waals surface area contributed by atoms with Crippen LogP contribution in [0, 0.1) is 5.92 Å². The first kappa shape index (κ1) is 27.5. The van der Waals surface area contributed by atoms with Gasteiger partial charge in [-0.3, -0.25) is 30.1 Å². The average Bonchev–Trinajstić information content (AvgIpc) is 3.11. The second-order valence-electron chi connectivity index (χ2n) is 13.0. The number of fused-ring (bicyclic) bond motifs is 2. The van der Waals surface area contributed by atoms with Crippen molar-refractivity contribution in [3.63, 3.8) is 0 Å². The number of Topliss-reactive ketones (excluding diaryl/α,β-unsaturated/α-hetero) is 1. The van der Waals surface area contributed by atoms with Crippen LogP contribution in [0.25, 0.3) is 0 Å². The Kier molecular flexibility index (Phi) is 8.02. The molecular weight excluding hydrogens is 493 g/mol. The number of carbonyl (C=O) groups is 2. The largest absolute Gasteiger partial charge is 0.373 e. The van der Waals surface area contributed by atoms with Gasteiger partial charge in [-0.15, -0.1) is 0 Å². The Bertz CT molecular complexity index is 861. The van der Waals surface area contributed by atoms with Crippen LogP contribution in [0.15, 0.2) is 0 Å². The van der Waals surface area contributed by atoms with Crippen LogP contribution in [0.1, 0.15) is 46.0 Å². The molecular formula is C26H46FN5O4Si. The number of piperidine rings is 3. The third-order valence-corrected chi connectivity index (χ3v) is 10.7. The highest BCUT2D eigenvalue weighted by Crippen LogP contribution is 2.39. The van der Waals surface area contributed by atoms with Crippen LogP contribution in [0.3, 0.4) is 0 Å². The highest BCUT2D eigenvalue weighted by molar-refractivity contribution is 6.76. The van der Waals surface area contributed by atoms with Gasteiger partial charge in [0.25, 0.3) is 0 Å². The molecule has 2 N–H and O–H groups in total. The second kappa shape index (κ2) is 10.8. The zero-order valence-corrected chi connectivity index (χ0v) is 24.1. The second-order valence-corrected chi connectivity index (χ2v) is 18.6. The summed E-state index contributed by atoms with van der Waals surface area (Å²) in [6.07, 6.45) is 0.343. The Morgan fingerprint density at radius 2 is 1.89 bits per heavy atom. The topological polar surface area (TPSA) is 86.4 Å². The van der Waals surface area contributed by atoms with E-state index in [9.17, 15) is 9.59 Å². The van der Waals surface area contributed by atoms with Crippen LogP contribution in [-0.2, 0) is 14.3 Å². The van der Waals surface area contributed by atoms with E-state index in [1.54, 1.807) is 9.80 Å². The van der Waals surface area contributed by atoms with E-state index in [1.807, 2.05) is 0 Å². The lowest BCUT2D eigenvalue weighted by molar-refractivity contribution is -0.142. The van der Waals surface area contributed by atoms with Crippen molar-refractivity contribution in [2.45, 2.75) is 121 Å². The minimum atomic E-state index is -1.33. The molecule has 0 saturated carbocycles. The lowest BCUT2D eigenvalue weighted by Gasteiger charge is -2.52. The van der Waals surface area contributed by atoms with Crippen LogP contribution in [0.5, 0.6) is 0 Å². The molecule has 2 bridgehead atoms. The maximum atomic E-state index is 15.9. The molecule has 0 aromatic heterocycles. The highest BCUT2D eigenvalue weighted by Gasteiger charge is 2.58. The first-order valence-corrected chi connectivity index (χ1v) is 18.0. The smallest absolute Gasteiger partial charge is 0.325 e. The fourth-order valence-electron chi connectivity index (χ4n) is 6.87. The summed E-state index contributed by atoms with van der Waals surface area (Å²) in [6, 6.07) is 0.695. The molecule has 0 aliphatic carbocycles. The fraction of sp³-hybridized carbons (Fsp3) is 0.923. The number of hydrogen-bond acceptors (Lipinski definition) is 7. The summed E-state index contributed by atoms with van der Waals surface area (Å²) in [6.45, 7) is 13.4. The van der Waals surface area contributed by atoms with Gasteiger partial charge in [0.15, 0.2) is 0 Å². The van der Waals surface area contributed by atoms with Crippen molar-refractivity contribution >= 4 is 19.9 Å². The number of amides is 2. The monoisotopic (exact) mass is 539 g/mol. The van der Waals surface area contributed by atoms with E-state index in [4.69, 9.17) is 9.47 Å². The SMILES string of the molecule is C[C@@H]1CC[C@H](C)N2CCC(=O)C3CC(F)C(NC32)N2C(=O)N(COCC[Si](C)(C)C)C3NCCC(O1)C32. The summed E-state index contributed by atoms with van der Waals surface area (Å²) >= 11 is 0. The van der Waals surface area contributed by atoms with Crippen molar-refractivity contribution in [3.8, 4) is 0 Å². The molecule has 5 aliphatic rings. The van der Waals surface area contributed by atoms with E-state index in [0.717, 1.165) is 31.9 Å². The van der Waals surface area contributed by atoms with Gasteiger partial charge in [-0.05, 0) is 52.1 Å². The van der Waals surface area contributed by atoms with Gasteiger partial charge in [0.2, 0.25) is 0 Å². The number of carbonyl (C=O) groups excluding carboxylic acids is 2. The Morgan fingerprint density at radius 3 is 2.65 bits per heavy atom. The van der Waals surface area contributed by atoms with Gasteiger partial charge < -0.3 is 9.47 Å². The molecule has 0 spiro atoms. The molecule has 5 rings (SSSR count). The fourth-order valence-corrected chi connectivity index (χ4v) is 7.63. The van der Waals surface area contributed by atoms with Gasteiger partial charge in [0, 0.05) is 39.6 Å². The van der Waals surface area contributed by atoms with E-state index in [0.29, 0.717) is 19.6 Å². The van der Waals surface area contributed by atoms with E-state index in [1.165, 1.54) is 0 Å². The Morgan fingerprint density at radius 1 is 1.11 bits per heavy atom. The first-order chi connectivity index (χ1) is 17.5. The zero-order chi connectivity index (χ0) is 26.5. The summed E-state index contributed by atoms with van der Waals surface area (Å²) in [4.78, 5) is 32.6.